The maximum absolute atomic E-state index is 11.0. The third kappa shape index (κ3) is 3.35. The topological polar surface area (TPSA) is 105 Å². The van der Waals surface area contributed by atoms with E-state index in [1.54, 1.807) is 13.2 Å². The van der Waals surface area contributed by atoms with Crippen molar-refractivity contribution in [3.63, 3.8) is 0 Å². The number of nitrogens with two attached hydrogens (primary N) is 1. The number of hydrogen-bond donors (Lipinski definition) is 4. The Kier molecular flexibility index (Phi) is 4.46. The second-order valence-electron chi connectivity index (χ2n) is 3.22. The summed E-state index contributed by atoms with van der Waals surface area (Å²) in [5.74, 6) is 6.20. The summed E-state index contributed by atoms with van der Waals surface area (Å²) in [7, 11) is 1.61. The SMILES string of the molecule is CNC(=O)CCNc1nc(NN)ncc1C. The van der Waals surface area contributed by atoms with Crippen LogP contribution >= 0.6 is 0 Å². The molecule has 1 amide bonds. The van der Waals surface area contributed by atoms with Gasteiger partial charge in [-0.2, -0.15) is 4.98 Å². The van der Waals surface area contributed by atoms with Gasteiger partial charge >= 0.3 is 0 Å². The van der Waals surface area contributed by atoms with Gasteiger partial charge in [-0.05, 0) is 6.92 Å². The Bertz CT molecular complexity index is 367. The van der Waals surface area contributed by atoms with Crippen LogP contribution in [0.25, 0.3) is 0 Å². The van der Waals surface area contributed by atoms with Gasteiger partial charge in [-0.1, -0.05) is 0 Å². The van der Waals surface area contributed by atoms with Gasteiger partial charge in [0.25, 0.3) is 0 Å². The Balaban J connectivity index is 2.55. The molecule has 0 aliphatic heterocycles. The molecule has 0 aromatic carbocycles. The van der Waals surface area contributed by atoms with E-state index in [4.69, 9.17) is 5.84 Å². The van der Waals surface area contributed by atoms with Gasteiger partial charge in [0.1, 0.15) is 5.82 Å². The van der Waals surface area contributed by atoms with Crippen LogP contribution in [0.5, 0.6) is 0 Å². The number of hydrogen-bond acceptors (Lipinski definition) is 6. The van der Waals surface area contributed by atoms with Gasteiger partial charge in [0.2, 0.25) is 11.9 Å². The van der Waals surface area contributed by atoms with Gasteiger partial charge in [-0.3, -0.25) is 10.2 Å². The van der Waals surface area contributed by atoms with E-state index in [1.807, 2.05) is 6.92 Å². The van der Waals surface area contributed by atoms with Gasteiger partial charge < -0.3 is 10.6 Å². The highest BCUT2D eigenvalue weighted by molar-refractivity contribution is 5.76. The molecule has 16 heavy (non-hydrogen) atoms. The zero-order chi connectivity index (χ0) is 12.0. The first-order valence-electron chi connectivity index (χ1n) is 4.92. The van der Waals surface area contributed by atoms with Gasteiger partial charge in [-0.25, -0.2) is 10.8 Å². The predicted octanol–water partition coefficient (Wildman–Crippen LogP) is -0.381. The fourth-order valence-electron chi connectivity index (χ4n) is 1.11. The molecule has 88 valence electrons. The summed E-state index contributed by atoms with van der Waals surface area (Å²) in [6.45, 7) is 2.39. The smallest absolute Gasteiger partial charge is 0.239 e. The standard InChI is InChI=1S/C9H16N6O/c1-6-5-13-9(15-10)14-8(6)12-4-3-7(16)11-2/h5H,3-4,10H2,1-2H3,(H,11,16)(H2,12,13,14,15). The highest BCUT2D eigenvalue weighted by atomic mass is 16.1. The van der Waals surface area contributed by atoms with Crippen LogP contribution in [0.15, 0.2) is 6.20 Å². The minimum atomic E-state index is -0.0172. The Morgan fingerprint density at radius 2 is 2.31 bits per heavy atom. The number of hydrazine groups is 1. The lowest BCUT2D eigenvalue weighted by atomic mass is 10.3. The lowest BCUT2D eigenvalue weighted by Crippen LogP contribution is -2.21. The number of nitrogens with zero attached hydrogens (tertiary/aromatic N) is 2. The molecule has 0 aliphatic carbocycles. The largest absolute Gasteiger partial charge is 0.369 e. The summed E-state index contributed by atoms with van der Waals surface area (Å²) in [5.41, 5.74) is 3.26. The summed E-state index contributed by atoms with van der Waals surface area (Å²) >= 11 is 0. The molecule has 1 heterocycles. The Morgan fingerprint density at radius 3 is 2.94 bits per heavy atom. The summed E-state index contributed by atoms with van der Waals surface area (Å²) in [6.07, 6.45) is 2.05. The molecular formula is C9H16N6O. The number of nitrogens with one attached hydrogen (secondary N) is 3. The zero-order valence-electron chi connectivity index (χ0n) is 9.37. The monoisotopic (exact) mass is 224 g/mol. The number of carbonyl (C=O) groups is 1. The van der Waals surface area contributed by atoms with Crippen molar-refractivity contribution in [1.82, 2.24) is 15.3 Å². The molecule has 0 unspecified atom stereocenters. The maximum Gasteiger partial charge on any atom is 0.239 e. The molecule has 5 N–H and O–H groups in total. The lowest BCUT2D eigenvalue weighted by molar-refractivity contribution is -0.120. The Labute approximate surface area is 93.8 Å². The molecule has 1 rings (SSSR count). The van der Waals surface area contributed by atoms with E-state index in [0.29, 0.717) is 24.7 Å². The number of nitrogen functional groups attached to an aromatic ring is 1. The third-order valence-electron chi connectivity index (χ3n) is 2.02. The molecule has 7 nitrogen and oxygen atoms in total. The van der Waals surface area contributed by atoms with Crippen molar-refractivity contribution < 1.29 is 4.79 Å². The van der Waals surface area contributed by atoms with Gasteiger partial charge in [0, 0.05) is 31.8 Å². The normalized spacial score (nSPS) is 9.69. The van der Waals surface area contributed by atoms with Gasteiger partial charge in [0.05, 0.1) is 0 Å². The number of rotatable bonds is 5. The van der Waals surface area contributed by atoms with Crippen LogP contribution in [0, 0.1) is 6.92 Å². The van der Waals surface area contributed by atoms with Crippen molar-refractivity contribution in [1.29, 1.82) is 0 Å². The van der Waals surface area contributed by atoms with E-state index in [2.05, 4.69) is 26.0 Å². The number of anilines is 2. The van der Waals surface area contributed by atoms with Crippen molar-refractivity contribution >= 4 is 17.7 Å². The lowest BCUT2D eigenvalue weighted by Gasteiger charge is -2.08. The summed E-state index contributed by atoms with van der Waals surface area (Å²) < 4.78 is 0. The minimum Gasteiger partial charge on any atom is -0.369 e. The van der Waals surface area contributed by atoms with E-state index in [-0.39, 0.29) is 5.91 Å². The van der Waals surface area contributed by atoms with Crippen molar-refractivity contribution in [2.45, 2.75) is 13.3 Å². The Morgan fingerprint density at radius 1 is 1.56 bits per heavy atom. The quantitative estimate of drug-likeness (QED) is 0.401. The number of aryl methyl sites for hydroxylation is 1. The average Bonchev–Trinajstić information content (AvgIpc) is 2.31. The van der Waals surface area contributed by atoms with Crippen LogP contribution in [0.3, 0.4) is 0 Å². The molecule has 0 spiro atoms. The van der Waals surface area contributed by atoms with Crippen molar-refractivity contribution in [2.75, 3.05) is 24.3 Å². The zero-order valence-corrected chi connectivity index (χ0v) is 9.37. The number of amides is 1. The average molecular weight is 224 g/mol. The fourth-order valence-corrected chi connectivity index (χ4v) is 1.11. The molecule has 0 saturated carbocycles. The Hall–Kier alpha value is -1.89. The molecule has 7 heteroatoms. The van der Waals surface area contributed by atoms with E-state index >= 15 is 0 Å². The number of aromatic nitrogens is 2. The molecule has 0 bridgehead atoms. The maximum atomic E-state index is 11.0. The fraction of sp³-hybridized carbons (Fsp3) is 0.444. The van der Waals surface area contributed by atoms with Crippen LogP contribution in [-0.2, 0) is 4.79 Å². The summed E-state index contributed by atoms with van der Waals surface area (Å²) in [6, 6.07) is 0. The van der Waals surface area contributed by atoms with Gasteiger partial charge in [0.15, 0.2) is 0 Å². The van der Waals surface area contributed by atoms with Crippen molar-refractivity contribution in [3.05, 3.63) is 11.8 Å². The third-order valence-corrected chi connectivity index (χ3v) is 2.02. The molecule has 0 fully saturated rings. The molecular weight excluding hydrogens is 208 g/mol. The highest BCUT2D eigenvalue weighted by Gasteiger charge is 2.03. The van der Waals surface area contributed by atoms with Crippen LogP contribution in [0.1, 0.15) is 12.0 Å². The van der Waals surface area contributed by atoms with E-state index < -0.39 is 0 Å². The van der Waals surface area contributed by atoms with Crippen molar-refractivity contribution in [3.8, 4) is 0 Å². The van der Waals surface area contributed by atoms with Gasteiger partial charge in [-0.15, -0.1) is 0 Å². The molecule has 1 aromatic rings. The molecule has 1 aromatic heterocycles. The predicted molar refractivity (Wildman–Crippen MR) is 61.8 cm³/mol. The summed E-state index contributed by atoms with van der Waals surface area (Å²) in [4.78, 5) is 19.1. The molecule has 0 atom stereocenters. The van der Waals surface area contributed by atoms with Crippen LogP contribution in [0.2, 0.25) is 0 Å². The second-order valence-corrected chi connectivity index (χ2v) is 3.22. The van der Waals surface area contributed by atoms with Crippen LogP contribution in [0.4, 0.5) is 11.8 Å². The molecule has 0 radical (unpaired) electrons. The number of carbonyl (C=O) groups excluding carboxylic acids is 1. The van der Waals surface area contributed by atoms with Crippen LogP contribution < -0.4 is 21.9 Å². The van der Waals surface area contributed by atoms with E-state index in [0.717, 1.165) is 5.56 Å². The summed E-state index contributed by atoms with van der Waals surface area (Å²) in [5, 5.41) is 5.59. The first kappa shape index (κ1) is 12.2. The first-order chi connectivity index (χ1) is 7.67. The minimum absolute atomic E-state index is 0.0172. The molecule has 0 aliphatic rings. The highest BCUT2D eigenvalue weighted by Crippen LogP contribution is 2.11. The van der Waals surface area contributed by atoms with Crippen LogP contribution in [-0.4, -0.2) is 29.5 Å². The second kappa shape index (κ2) is 5.86. The van der Waals surface area contributed by atoms with E-state index in [9.17, 15) is 4.79 Å². The first-order valence-corrected chi connectivity index (χ1v) is 4.92. The van der Waals surface area contributed by atoms with E-state index in [1.165, 1.54) is 0 Å². The molecule has 0 saturated heterocycles. The van der Waals surface area contributed by atoms with Crippen molar-refractivity contribution in [2.24, 2.45) is 5.84 Å².